The Bertz CT molecular complexity index is 896. The summed E-state index contributed by atoms with van der Waals surface area (Å²) in [5, 5.41) is 3.89. The first-order valence-electron chi connectivity index (χ1n) is 5.86. The van der Waals surface area contributed by atoms with Crippen LogP contribution in [0.4, 0.5) is 11.7 Å². The minimum Gasteiger partial charge on any atom is -0.388 e. The van der Waals surface area contributed by atoms with E-state index < -0.39 is 5.63 Å². The van der Waals surface area contributed by atoms with E-state index in [9.17, 15) is 4.79 Å². The van der Waals surface area contributed by atoms with Crippen molar-refractivity contribution in [3.05, 3.63) is 60.4 Å². The van der Waals surface area contributed by atoms with Crippen LogP contribution in [0.15, 0.2) is 45.6 Å². The molecule has 3 aromatic rings. The molecule has 106 valence electrons. The Balaban J connectivity index is 2.11. The van der Waals surface area contributed by atoms with Gasteiger partial charge in [-0.2, -0.15) is 4.98 Å². The first-order valence-corrected chi connectivity index (χ1v) is 7.69. The number of hydrogen-bond acceptors (Lipinski definition) is 4. The van der Waals surface area contributed by atoms with Crippen LogP contribution in [-0.2, 0) is 0 Å². The lowest BCUT2D eigenvalue weighted by Gasteiger charge is -2.07. The molecule has 0 saturated carbocycles. The van der Waals surface area contributed by atoms with Gasteiger partial charge in [0.25, 0.3) is 0 Å². The van der Waals surface area contributed by atoms with Crippen LogP contribution in [0, 0.1) is 3.57 Å². The third kappa shape index (κ3) is 3.00. The largest absolute Gasteiger partial charge is 0.388 e. The second-order valence-electron chi connectivity index (χ2n) is 4.19. The van der Waals surface area contributed by atoms with E-state index in [0.29, 0.717) is 10.5 Å². The van der Waals surface area contributed by atoms with E-state index in [-0.39, 0.29) is 16.4 Å². The molecule has 0 amide bonds. The molecule has 0 fully saturated rings. The molecule has 0 spiro atoms. The van der Waals surface area contributed by atoms with Gasteiger partial charge in [-0.25, -0.2) is 4.79 Å². The number of fused-ring (bicyclic) bond motifs is 1. The van der Waals surface area contributed by atoms with Crippen LogP contribution in [-0.4, -0.2) is 4.98 Å². The van der Waals surface area contributed by atoms with Crippen molar-refractivity contribution >= 4 is 68.4 Å². The molecule has 1 N–H and O–H groups in total. The third-order valence-corrected chi connectivity index (χ3v) is 4.45. The molecular weight excluding hydrogens is 426 g/mol. The quantitative estimate of drug-likeness (QED) is 0.588. The molecule has 1 aromatic heterocycles. The summed E-state index contributed by atoms with van der Waals surface area (Å²) in [6.45, 7) is 0. The van der Waals surface area contributed by atoms with Crippen molar-refractivity contribution in [2.24, 2.45) is 0 Å². The van der Waals surface area contributed by atoms with Gasteiger partial charge in [0.15, 0.2) is 0 Å². The van der Waals surface area contributed by atoms with Gasteiger partial charge in [-0.15, -0.1) is 0 Å². The monoisotopic (exact) mass is 432 g/mol. The van der Waals surface area contributed by atoms with Crippen LogP contribution in [0.25, 0.3) is 10.9 Å². The zero-order valence-electron chi connectivity index (χ0n) is 10.4. The van der Waals surface area contributed by atoms with Crippen molar-refractivity contribution in [1.29, 1.82) is 0 Å². The standard InChI is InChI=1S/C14H7Cl2IN2O2/c15-8-5-7-12(6-9(8)16)19-14(21-13(7)20)18-11-4-2-1-3-10(11)17/h1-6H,(H,18,19). The maximum atomic E-state index is 12.0. The lowest BCUT2D eigenvalue weighted by molar-refractivity contribution is 0.522. The molecular formula is C14H7Cl2IN2O2. The van der Waals surface area contributed by atoms with Gasteiger partial charge in [0.05, 0.1) is 26.6 Å². The molecule has 0 bridgehead atoms. The van der Waals surface area contributed by atoms with Crippen LogP contribution in [0.3, 0.4) is 0 Å². The van der Waals surface area contributed by atoms with Crippen LogP contribution in [0.1, 0.15) is 0 Å². The summed E-state index contributed by atoms with van der Waals surface area (Å²) in [6.07, 6.45) is 0. The number of anilines is 2. The Hall–Kier alpha value is -1.31. The highest BCUT2D eigenvalue weighted by atomic mass is 127. The fraction of sp³-hybridized carbons (Fsp3) is 0. The molecule has 0 aliphatic heterocycles. The molecule has 0 radical (unpaired) electrons. The molecule has 21 heavy (non-hydrogen) atoms. The first kappa shape index (κ1) is 14.6. The van der Waals surface area contributed by atoms with Gasteiger partial charge in [0.1, 0.15) is 0 Å². The number of para-hydroxylation sites is 1. The second-order valence-corrected chi connectivity index (χ2v) is 6.17. The van der Waals surface area contributed by atoms with E-state index in [0.717, 1.165) is 9.26 Å². The highest BCUT2D eigenvalue weighted by Gasteiger charge is 2.10. The summed E-state index contributed by atoms with van der Waals surface area (Å²) in [4.78, 5) is 16.2. The van der Waals surface area contributed by atoms with Gasteiger partial charge in [-0.1, -0.05) is 35.3 Å². The number of rotatable bonds is 2. The number of nitrogens with zero attached hydrogens (tertiary/aromatic N) is 1. The third-order valence-electron chi connectivity index (χ3n) is 2.79. The predicted octanol–water partition coefficient (Wildman–Crippen LogP) is 4.84. The van der Waals surface area contributed by atoms with Crippen molar-refractivity contribution in [2.75, 3.05) is 5.32 Å². The average molecular weight is 433 g/mol. The topological polar surface area (TPSA) is 55.1 Å². The smallest absolute Gasteiger partial charge is 0.348 e. The van der Waals surface area contributed by atoms with E-state index in [1.165, 1.54) is 12.1 Å². The molecule has 1 heterocycles. The van der Waals surface area contributed by atoms with Gasteiger partial charge in [-0.05, 0) is 46.9 Å². The van der Waals surface area contributed by atoms with Crippen LogP contribution in [0.5, 0.6) is 0 Å². The molecule has 0 unspecified atom stereocenters. The van der Waals surface area contributed by atoms with E-state index in [2.05, 4.69) is 32.9 Å². The average Bonchev–Trinajstić information content (AvgIpc) is 2.44. The Morgan fingerprint density at radius 3 is 2.62 bits per heavy atom. The van der Waals surface area contributed by atoms with Gasteiger partial charge in [0.2, 0.25) is 0 Å². The van der Waals surface area contributed by atoms with Gasteiger partial charge < -0.3 is 9.73 Å². The fourth-order valence-electron chi connectivity index (χ4n) is 1.80. The molecule has 2 aromatic carbocycles. The SMILES string of the molecule is O=c1oc(Nc2ccccc2I)nc2cc(Cl)c(Cl)cc12. The maximum absolute atomic E-state index is 12.0. The summed E-state index contributed by atoms with van der Waals surface area (Å²) in [6, 6.07) is 10.7. The zero-order valence-corrected chi connectivity index (χ0v) is 14.0. The van der Waals surface area contributed by atoms with Crippen LogP contribution in [0.2, 0.25) is 10.0 Å². The Morgan fingerprint density at radius 2 is 1.86 bits per heavy atom. The van der Waals surface area contributed by atoms with Crippen LogP contribution < -0.4 is 10.9 Å². The van der Waals surface area contributed by atoms with Crippen molar-refractivity contribution in [3.63, 3.8) is 0 Å². The van der Waals surface area contributed by atoms with Crippen molar-refractivity contribution < 1.29 is 4.42 Å². The van der Waals surface area contributed by atoms with Crippen molar-refractivity contribution in [3.8, 4) is 0 Å². The highest BCUT2D eigenvalue weighted by molar-refractivity contribution is 14.1. The van der Waals surface area contributed by atoms with Gasteiger partial charge in [-0.3, -0.25) is 0 Å². The Labute approximate surface area is 143 Å². The lowest BCUT2D eigenvalue weighted by atomic mass is 10.2. The lowest BCUT2D eigenvalue weighted by Crippen LogP contribution is -2.05. The summed E-state index contributed by atoms with van der Waals surface area (Å²) in [7, 11) is 0. The Kier molecular flexibility index (Phi) is 4.05. The van der Waals surface area contributed by atoms with Crippen LogP contribution >= 0.6 is 45.8 Å². The number of halogens is 3. The second kappa shape index (κ2) is 5.82. The summed E-state index contributed by atoms with van der Waals surface area (Å²) in [5.74, 6) is 0. The molecule has 0 atom stereocenters. The summed E-state index contributed by atoms with van der Waals surface area (Å²) in [5.41, 5.74) is 0.703. The molecule has 7 heteroatoms. The normalized spacial score (nSPS) is 10.8. The predicted molar refractivity (Wildman–Crippen MR) is 92.7 cm³/mol. The number of hydrogen-bond donors (Lipinski definition) is 1. The number of nitrogens with one attached hydrogen (secondary N) is 1. The fourth-order valence-corrected chi connectivity index (χ4v) is 2.64. The van der Waals surface area contributed by atoms with E-state index in [1.54, 1.807) is 0 Å². The van der Waals surface area contributed by atoms with Crippen molar-refractivity contribution in [2.45, 2.75) is 0 Å². The summed E-state index contributed by atoms with van der Waals surface area (Å²) < 4.78 is 6.14. The van der Waals surface area contributed by atoms with E-state index >= 15 is 0 Å². The van der Waals surface area contributed by atoms with E-state index in [1.807, 2.05) is 24.3 Å². The molecule has 4 nitrogen and oxygen atoms in total. The minimum absolute atomic E-state index is 0.106. The molecule has 0 aliphatic rings. The minimum atomic E-state index is -0.521. The van der Waals surface area contributed by atoms with Gasteiger partial charge >= 0.3 is 11.6 Å². The molecule has 3 rings (SSSR count). The first-order chi connectivity index (χ1) is 10.0. The maximum Gasteiger partial charge on any atom is 0.348 e. The van der Waals surface area contributed by atoms with E-state index in [4.69, 9.17) is 27.6 Å². The molecule has 0 saturated heterocycles. The number of aromatic nitrogens is 1. The van der Waals surface area contributed by atoms with Gasteiger partial charge in [0, 0.05) is 3.57 Å². The molecule has 0 aliphatic carbocycles. The Morgan fingerprint density at radius 1 is 1.14 bits per heavy atom. The zero-order chi connectivity index (χ0) is 15.0. The highest BCUT2D eigenvalue weighted by Crippen LogP contribution is 2.27. The summed E-state index contributed by atoms with van der Waals surface area (Å²) >= 11 is 14.0. The van der Waals surface area contributed by atoms with Crippen molar-refractivity contribution in [1.82, 2.24) is 4.98 Å². The number of benzene rings is 2.